The zero-order chi connectivity index (χ0) is 14.1. The smallest absolute Gasteiger partial charge is 0.147 e. The van der Waals surface area contributed by atoms with Gasteiger partial charge in [0.2, 0.25) is 0 Å². The van der Waals surface area contributed by atoms with Crippen LogP contribution in [0.4, 0.5) is 0 Å². The van der Waals surface area contributed by atoms with Gasteiger partial charge in [-0.05, 0) is 48.9 Å². The molecule has 0 aliphatic heterocycles. The first kappa shape index (κ1) is 14.3. The van der Waals surface area contributed by atoms with Crippen LogP contribution in [0.15, 0.2) is 18.2 Å². The second kappa shape index (κ2) is 5.13. The fourth-order valence-corrected chi connectivity index (χ4v) is 3.37. The van der Waals surface area contributed by atoms with Crippen LogP contribution in [0.5, 0.6) is 5.75 Å². The van der Waals surface area contributed by atoms with E-state index in [0.29, 0.717) is 19.3 Å². The van der Waals surface area contributed by atoms with Crippen LogP contribution in [0, 0.1) is 0 Å². The van der Waals surface area contributed by atoms with Gasteiger partial charge in [0.25, 0.3) is 0 Å². The van der Waals surface area contributed by atoms with Crippen molar-refractivity contribution < 1.29 is 18.3 Å². The van der Waals surface area contributed by atoms with Crippen molar-refractivity contribution in [2.45, 2.75) is 31.3 Å². The predicted molar refractivity (Wildman–Crippen MR) is 74.2 cm³/mol. The fourth-order valence-electron chi connectivity index (χ4n) is 2.70. The minimum Gasteiger partial charge on any atom is -0.497 e. The number of benzene rings is 1. The molecule has 1 aromatic carbocycles. The highest BCUT2D eigenvalue weighted by Crippen LogP contribution is 2.41. The quantitative estimate of drug-likeness (QED) is 0.893. The topological polar surface area (TPSA) is 63.6 Å². The first-order chi connectivity index (χ1) is 8.84. The number of rotatable bonds is 5. The summed E-state index contributed by atoms with van der Waals surface area (Å²) < 4.78 is 27.5. The molecule has 2 rings (SSSR count). The van der Waals surface area contributed by atoms with Crippen molar-refractivity contribution in [1.29, 1.82) is 0 Å². The van der Waals surface area contributed by atoms with Crippen molar-refractivity contribution in [3.05, 3.63) is 29.3 Å². The van der Waals surface area contributed by atoms with Gasteiger partial charge in [-0.2, -0.15) is 0 Å². The maximum atomic E-state index is 11.2. The third kappa shape index (κ3) is 3.28. The average Bonchev–Trinajstić information content (AvgIpc) is 2.65. The number of ether oxygens (including phenoxy) is 1. The molecule has 1 aromatic rings. The van der Waals surface area contributed by atoms with Crippen molar-refractivity contribution in [2.75, 3.05) is 19.1 Å². The number of aliphatic hydroxyl groups is 1. The monoisotopic (exact) mass is 284 g/mol. The summed E-state index contributed by atoms with van der Waals surface area (Å²) >= 11 is 0. The van der Waals surface area contributed by atoms with Gasteiger partial charge in [0, 0.05) is 12.0 Å². The number of hydrogen-bond donors (Lipinski definition) is 1. The van der Waals surface area contributed by atoms with E-state index in [-0.39, 0.29) is 5.75 Å². The molecule has 0 amide bonds. The summed E-state index contributed by atoms with van der Waals surface area (Å²) in [7, 11) is -1.37. The Hall–Kier alpha value is -1.07. The van der Waals surface area contributed by atoms with E-state index in [0.717, 1.165) is 23.3 Å². The third-order valence-corrected chi connectivity index (χ3v) is 4.76. The summed E-state index contributed by atoms with van der Waals surface area (Å²) in [5.74, 6) is 0.844. The van der Waals surface area contributed by atoms with Crippen LogP contribution in [0.3, 0.4) is 0 Å². The maximum absolute atomic E-state index is 11.2. The molecular weight excluding hydrogens is 264 g/mol. The molecule has 0 radical (unpaired) electrons. The Morgan fingerprint density at radius 3 is 2.79 bits per heavy atom. The highest BCUT2D eigenvalue weighted by molar-refractivity contribution is 7.90. The lowest BCUT2D eigenvalue weighted by Crippen LogP contribution is -2.23. The molecule has 0 saturated heterocycles. The van der Waals surface area contributed by atoms with Crippen LogP contribution in [0.1, 0.15) is 30.4 Å². The number of sulfone groups is 1. The molecule has 0 aromatic heterocycles. The summed E-state index contributed by atoms with van der Waals surface area (Å²) in [6, 6.07) is 5.73. The molecule has 4 nitrogen and oxygen atoms in total. The Labute approximate surface area is 114 Å². The van der Waals surface area contributed by atoms with Crippen LogP contribution in [-0.2, 0) is 21.9 Å². The van der Waals surface area contributed by atoms with E-state index in [1.807, 2.05) is 18.2 Å². The van der Waals surface area contributed by atoms with Crippen LogP contribution in [0.25, 0.3) is 0 Å². The Bertz CT molecular complexity index is 565. The molecule has 1 aliphatic carbocycles. The standard InChI is InChI=1S/C14H20O4S/c1-18-12-5-4-11-6-8-14(15,13(11)10-12)7-3-9-19(2,16)17/h4-5,10,15H,3,6-9H2,1-2H3. The molecule has 1 N–H and O–H groups in total. The molecule has 1 atom stereocenters. The minimum absolute atomic E-state index is 0.120. The molecule has 0 bridgehead atoms. The molecule has 1 aliphatic rings. The van der Waals surface area contributed by atoms with E-state index in [1.54, 1.807) is 7.11 Å². The Morgan fingerprint density at radius 2 is 2.16 bits per heavy atom. The van der Waals surface area contributed by atoms with Gasteiger partial charge in [0.15, 0.2) is 0 Å². The van der Waals surface area contributed by atoms with E-state index >= 15 is 0 Å². The third-order valence-electron chi connectivity index (χ3n) is 3.73. The van der Waals surface area contributed by atoms with Crippen LogP contribution in [-0.4, -0.2) is 32.6 Å². The number of fused-ring (bicyclic) bond motifs is 1. The fraction of sp³-hybridized carbons (Fsp3) is 0.571. The number of aryl methyl sites for hydroxylation is 1. The molecule has 0 fully saturated rings. The molecular formula is C14H20O4S. The normalized spacial score (nSPS) is 22.3. The molecule has 0 spiro atoms. The van der Waals surface area contributed by atoms with E-state index in [4.69, 9.17) is 4.74 Å². The number of hydrogen-bond acceptors (Lipinski definition) is 4. The zero-order valence-corrected chi connectivity index (χ0v) is 12.2. The van der Waals surface area contributed by atoms with Gasteiger partial charge < -0.3 is 9.84 Å². The molecule has 5 heteroatoms. The summed E-state index contributed by atoms with van der Waals surface area (Å²) in [4.78, 5) is 0. The Kier molecular flexibility index (Phi) is 3.87. The first-order valence-electron chi connectivity index (χ1n) is 6.41. The zero-order valence-electron chi connectivity index (χ0n) is 11.3. The predicted octanol–water partition coefficient (Wildman–Crippen LogP) is 1.65. The van der Waals surface area contributed by atoms with E-state index in [2.05, 4.69) is 0 Å². The van der Waals surface area contributed by atoms with Gasteiger partial charge in [-0.3, -0.25) is 0 Å². The Balaban J connectivity index is 2.14. The molecule has 19 heavy (non-hydrogen) atoms. The van der Waals surface area contributed by atoms with Gasteiger partial charge in [0.1, 0.15) is 15.6 Å². The van der Waals surface area contributed by atoms with Crippen molar-refractivity contribution in [3.8, 4) is 5.75 Å². The molecule has 1 unspecified atom stereocenters. The molecule has 0 heterocycles. The van der Waals surface area contributed by atoms with Crippen LogP contribution < -0.4 is 4.74 Å². The Morgan fingerprint density at radius 1 is 1.42 bits per heavy atom. The lowest BCUT2D eigenvalue weighted by molar-refractivity contribution is 0.0288. The van der Waals surface area contributed by atoms with Gasteiger partial charge in [0.05, 0.1) is 12.7 Å². The van der Waals surface area contributed by atoms with E-state index < -0.39 is 15.4 Å². The van der Waals surface area contributed by atoms with Gasteiger partial charge in [-0.1, -0.05) is 6.07 Å². The second-order valence-electron chi connectivity index (χ2n) is 5.29. The van der Waals surface area contributed by atoms with Crippen molar-refractivity contribution >= 4 is 9.84 Å². The van der Waals surface area contributed by atoms with Crippen LogP contribution >= 0.6 is 0 Å². The lowest BCUT2D eigenvalue weighted by atomic mass is 9.91. The maximum Gasteiger partial charge on any atom is 0.147 e. The highest BCUT2D eigenvalue weighted by atomic mass is 32.2. The van der Waals surface area contributed by atoms with Gasteiger partial charge >= 0.3 is 0 Å². The minimum atomic E-state index is -2.97. The molecule has 0 saturated carbocycles. The van der Waals surface area contributed by atoms with Crippen molar-refractivity contribution in [1.82, 2.24) is 0 Å². The second-order valence-corrected chi connectivity index (χ2v) is 7.55. The SMILES string of the molecule is COc1ccc2c(c1)C(O)(CCCS(C)(=O)=O)CC2. The van der Waals surface area contributed by atoms with Crippen molar-refractivity contribution in [3.63, 3.8) is 0 Å². The van der Waals surface area contributed by atoms with Gasteiger partial charge in [-0.25, -0.2) is 8.42 Å². The largest absolute Gasteiger partial charge is 0.497 e. The van der Waals surface area contributed by atoms with E-state index in [9.17, 15) is 13.5 Å². The number of methoxy groups -OCH3 is 1. The van der Waals surface area contributed by atoms with E-state index in [1.165, 1.54) is 6.26 Å². The van der Waals surface area contributed by atoms with Crippen LogP contribution in [0.2, 0.25) is 0 Å². The van der Waals surface area contributed by atoms with Gasteiger partial charge in [-0.15, -0.1) is 0 Å². The summed E-state index contributed by atoms with van der Waals surface area (Å²) in [5.41, 5.74) is 1.11. The average molecular weight is 284 g/mol. The summed E-state index contributed by atoms with van der Waals surface area (Å²) in [6.07, 6.45) is 3.66. The van der Waals surface area contributed by atoms with Crippen molar-refractivity contribution in [2.24, 2.45) is 0 Å². The molecule has 106 valence electrons. The lowest BCUT2D eigenvalue weighted by Gasteiger charge is -2.24. The summed E-state index contributed by atoms with van der Waals surface area (Å²) in [5, 5.41) is 10.7. The summed E-state index contributed by atoms with van der Waals surface area (Å²) in [6.45, 7) is 0. The highest BCUT2D eigenvalue weighted by Gasteiger charge is 2.36. The first-order valence-corrected chi connectivity index (χ1v) is 8.48.